The van der Waals surface area contributed by atoms with Crippen molar-refractivity contribution < 1.29 is 0 Å². The normalized spacial score (nSPS) is 30.0. The second-order valence-corrected chi connectivity index (χ2v) is 3.74. The van der Waals surface area contributed by atoms with Gasteiger partial charge < -0.3 is 0 Å². The van der Waals surface area contributed by atoms with Gasteiger partial charge in [-0.2, -0.15) is 15.6 Å². The van der Waals surface area contributed by atoms with E-state index in [1.165, 1.54) is 0 Å². The van der Waals surface area contributed by atoms with E-state index in [1.807, 2.05) is 16.9 Å². The lowest BCUT2D eigenvalue weighted by Crippen LogP contribution is -2.46. The summed E-state index contributed by atoms with van der Waals surface area (Å²) in [5, 5.41) is 21.6. The fourth-order valence-corrected chi connectivity index (χ4v) is 2.06. The number of aromatic nitrogens is 2. The average Bonchev–Trinajstić information content (AvgIpc) is 2.63. The molecular formula is C10H10N4. The van der Waals surface area contributed by atoms with E-state index < -0.39 is 0 Å². The first-order valence-electron chi connectivity index (χ1n) is 4.57. The van der Waals surface area contributed by atoms with Crippen molar-refractivity contribution in [2.45, 2.75) is 24.8 Å². The Bertz CT molecular complexity index is 387. The van der Waals surface area contributed by atoms with Gasteiger partial charge in [0.05, 0.1) is 30.0 Å². The van der Waals surface area contributed by atoms with Crippen LogP contribution < -0.4 is 0 Å². The van der Waals surface area contributed by atoms with Gasteiger partial charge in [-0.1, -0.05) is 0 Å². The zero-order valence-corrected chi connectivity index (χ0v) is 7.72. The largest absolute Gasteiger partial charge is 0.266 e. The molecule has 4 heteroatoms. The van der Waals surface area contributed by atoms with Gasteiger partial charge in [0.2, 0.25) is 0 Å². The van der Waals surface area contributed by atoms with Gasteiger partial charge in [-0.15, -0.1) is 0 Å². The Kier molecular flexibility index (Phi) is 1.98. The van der Waals surface area contributed by atoms with Gasteiger partial charge in [0, 0.05) is 12.4 Å². The molecule has 0 spiro atoms. The molecule has 0 saturated heterocycles. The molecule has 1 aliphatic rings. The van der Waals surface area contributed by atoms with E-state index in [0.717, 1.165) is 12.8 Å². The van der Waals surface area contributed by atoms with E-state index >= 15 is 0 Å². The molecule has 0 N–H and O–H groups in total. The Hall–Kier alpha value is -1.81. The van der Waals surface area contributed by atoms with Crippen molar-refractivity contribution in [3.8, 4) is 12.1 Å². The highest BCUT2D eigenvalue weighted by Crippen LogP contribution is 2.45. The van der Waals surface area contributed by atoms with Crippen LogP contribution in [0.1, 0.15) is 19.3 Å². The van der Waals surface area contributed by atoms with E-state index in [1.54, 1.807) is 6.20 Å². The van der Waals surface area contributed by atoms with Crippen LogP contribution in [0.2, 0.25) is 0 Å². The molecule has 1 aromatic rings. The predicted molar refractivity (Wildman–Crippen MR) is 48.8 cm³/mol. The van der Waals surface area contributed by atoms with E-state index in [-0.39, 0.29) is 11.5 Å². The van der Waals surface area contributed by atoms with Gasteiger partial charge in [0.1, 0.15) is 0 Å². The third kappa shape index (κ3) is 1.16. The third-order valence-corrected chi connectivity index (χ3v) is 2.83. The van der Waals surface area contributed by atoms with Crippen LogP contribution in [0.4, 0.5) is 0 Å². The maximum atomic E-state index is 8.75. The van der Waals surface area contributed by atoms with Crippen LogP contribution in [0.5, 0.6) is 0 Å². The molecule has 0 atom stereocenters. The molecule has 1 saturated carbocycles. The quantitative estimate of drug-likeness (QED) is 0.701. The smallest absolute Gasteiger partial charge is 0.0781 e. The van der Waals surface area contributed by atoms with Gasteiger partial charge in [-0.05, 0) is 18.9 Å². The highest BCUT2D eigenvalue weighted by molar-refractivity contribution is 5.09. The van der Waals surface area contributed by atoms with Crippen molar-refractivity contribution in [2.75, 3.05) is 0 Å². The minimum absolute atomic E-state index is 0.0903. The van der Waals surface area contributed by atoms with Crippen molar-refractivity contribution in [1.82, 2.24) is 9.78 Å². The summed E-state index contributed by atoms with van der Waals surface area (Å²) in [6.45, 7) is 0. The summed E-state index contributed by atoms with van der Waals surface area (Å²) in [5.41, 5.74) is -0.210. The first-order chi connectivity index (χ1) is 6.80. The maximum absolute atomic E-state index is 8.75. The van der Waals surface area contributed by atoms with Crippen LogP contribution in [0, 0.1) is 28.6 Å². The molecule has 14 heavy (non-hydrogen) atoms. The van der Waals surface area contributed by atoms with Gasteiger partial charge in [-0.25, -0.2) is 0 Å². The molecule has 1 aliphatic carbocycles. The van der Waals surface area contributed by atoms with E-state index in [2.05, 4.69) is 17.2 Å². The van der Waals surface area contributed by atoms with Crippen LogP contribution in [0.15, 0.2) is 18.5 Å². The predicted octanol–water partition coefficient (Wildman–Crippen LogP) is 1.43. The van der Waals surface area contributed by atoms with Crippen molar-refractivity contribution in [2.24, 2.45) is 5.92 Å². The van der Waals surface area contributed by atoms with Crippen LogP contribution >= 0.6 is 0 Å². The lowest BCUT2D eigenvalue weighted by Gasteiger charge is -2.43. The maximum Gasteiger partial charge on any atom is 0.0781 e. The molecule has 0 amide bonds. The summed E-state index contributed by atoms with van der Waals surface area (Å²) >= 11 is 0. The zero-order valence-electron chi connectivity index (χ0n) is 7.72. The minimum Gasteiger partial charge on any atom is -0.266 e. The lowest BCUT2D eigenvalue weighted by molar-refractivity contribution is 0.0881. The van der Waals surface area contributed by atoms with E-state index in [9.17, 15) is 0 Å². The highest BCUT2D eigenvalue weighted by atomic mass is 15.3. The number of hydrogen-bond acceptors (Lipinski definition) is 3. The molecule has 4 nitrogen and oxygen atoms in total. The van der Waals surface area contributed by atoms with Crippen molar-refractivity contribution in [1.29, 1.82) is 10.5 Å². The molecule has 0 aromatic carbocycles. The number of rotatable bonds is 2. The number of hydrogen-bond donors (Lipinski definition) is 0. The van der Waals surface area contributed by atoms with Gasteiger partial charge in [-0.3, -0.25) is 4.68 Å². The summed E-state index contributed by atoms with van der Waals surface area (Å²) in [6.07, 6.45) is 5.51. The van der Waals surface area contributed by atoms with Gasteiger partial charge in [0.15, 0.2) is 0 Å². The Morgan fingerprint density at radius 3 is 2.79 bits per heavy atom. The Morgan fingerprint density at radius 1 is 1.50 bits per heavy atom. The standard InChI is InChI=1S/C10H10N4/c11-3-2-10(6-9(7-10)8-12)14-5-1-4-13-14/h1,4-5,9H,2,6-7H2. The van der Waals surface area contributed by atoms with Gasteiger partial charge in [0.25, 0.3) is 0 Å². The van der Waals surface area contributed by atoms with Crippen LogP contribution in [0.25, 0.3) is 0 Å². The third-order valence-electron chi connectivity index (χ3n) is 2.83. The molecule has 0 unspecified atom stereocenters. The molecule has 1 heterocycles. The Morgan fingerprint density at radius 2 is 2.29 bits per heavy atom. The Labute approximate surface area is 82.4 Å². The molecule has 0 aliphatic heterocycles. The summed E-state index contributed by atoms with van der Waals surface area (Å²) in [5.74, 6) is 0.0903. The molecule has 0 bridgehead atoms. The van der Waals surface area contributed by atoms with Crippen LogP contribution in [-0.4, -0.2) is 9.78 Å². The SMILES string of the molecule is N#CCC1(n2cccn2)CC(C#N)C1. The second kappa shape index (κ2) is 3.16. The summed E-state index contributed by atoms with van der Waals surface area (Å²) in [7, 11) is 0. The zero-order chi connectivity index (χ0) is 10.0. The molecule has 2 rings (SSSR count). The van der Waals surface area contributed by atoms with Crippen molar-refractivity contribution in [3.05, 3.63) is 18.5 Å². The summed E-state index contributed by atoms with van der Waals surface area (Å²) in [6, 6.07) is 6.25. The molecule has 1 aromatic heterocycles. The number of nitriles is 2. The lowest BCUT2D eigenvalue weighted by atomic mass is 9.67. The minimum atomic E-state index is -0.210. The summed E-state index contributed by atoms with van der Waals surface area (Å²) < 4.78 is 1.82. The first-order valence-corrected chi connectivity index (χ1v) is 4.57. The molecule has 70 valence electrons. The average molecular weight is 186 g/mol. The first kappa shape index (κ1) is 8.77. The molecule has 1 fully saturated rings. The van der Waals surface area contributed by atoms with Crippen molar-refractivity contribution >= 4 is 0 Å². The van der Waals surface area contributed by atoms with E-state index in [0.29, 0.717) is 6.42 Å². The van der Waals surface area contributed by atoms with Crippen molar-refractivity contribution in [3.63, 3.8) is 0 Å². The highest BCUT2D eigenvalue weighted by Gasteiger charge is 2.46. The number of nitrogens with zero attached hydrogens (tertiary/aromatic N) is 4. The molecule has 0 radical (unpaired) electrons. The van der Waals surface area contributed by atoms with Gasteiger partial charge >= 0.3 is 0 Å². The topological polar surface area (TPSA) is 65.4 Å². The van der Waals surface area contributed by atoms with Crippen LogP contribution in [-0.2, 0) is 5.54 Å². The molecular weight excluding hydrogens is 176 g/mol. The van der Waals surface area contributed by atoms with Crippen LogP contribution in [0.3, 0.4) is 0 Å². The summed E-state index contributed by atoms with van der Waals surface area (Å²) in [4.78, 5) is 0. The van der Waals surface area contributed by atoms with E-state index in [4.69, 9.17) is 10.5 Å². The monoisotopic (exact) mass is 186 g/mol. The fourth-order valence-electron chi connectivity index (χ4n) is 2.06. The second-order valence-electron chi connectivity index (χ2n) is 3.74. The fraction of sp³-hybridized carbons (Fsp3) is 0.500. The Balaban J connectivity index is 2.20.